The van der Waals surface area contributed by atoms with Crippen molar-refractivity contribution in [2.75, 3.05) is 5.73 Å². The van der Waals surface area contributed by atoms with Gasteiger partial charge in [-0.15, -0.1) is 5.10 Å². The van der Waals surface area contributed by atoms with Gasteiger partial charge in [-0.1, -0.05) is 5.21 Å². The molecule has 0 spiro atoms. The number of nitrogens with zero attached hydrogens (tertiary/aromatic N) is 3. The fourth-order valence-electron chi connectivity index (χ4n) is 1.17. The van der Waals surface area contributed by atoms with Crippen LogP contribution >= 0.6 is 0 Å². The molecule has 0 aliphatic rings. The Balaban J connectivity index is 2.79. The van der Waals surface area contributed by atoms with Gasteiger partial charge in [0.25, 0.3) is 0 Å². The lowest BCUT2D eigenvalue weighted by atomic mass is 10.3. The van der Waals surface area contributed by atoms with Crippen molar-refractivity contribution in [3.8, 4) is 0 Å². The number of aromatic nitrogens is 3. The maximum absolute atomic E-state index is 11.1. The molecule has 0 aliphatic heterocycles. The number of carbonyl (C=O) groups excluding carboxylic acids is 1. The van der Waals surface area contributed by atoms with Gasteiger partial charge in [-0.25, -0.2) is 0 Å². The lowest BCUT2D eigenvalue weighted by molar-refractivity contribution is 0.0924. The van der Waals surface area contributed by atoms with Crippen LogP contribution in [0.25, 0.3) is 11.0 Å². The van der Waals surface area contributed by atoms with E-state index >= 15 is 0 Å². The van der Waals surface area contributed by atoms with Gasteiger partial charge in [0.2, 0.25) is 5.91 Å². The first-order valence-electron chi connectivity index (χ1n) is 3.80. The van der Waals surface area contributed by atoms with E-state index in [-0.39, 0.29) is 5.91 Å². The number of fused-ring (bicyclic) bond motifs is 1. The molecule has 2 aromatic rings. The molecule has 0 atom stereocenters. The summed E-state index contributed by atoms with van der Waals surface area (Å²) >= 11 is 0. The summed E-state index contributed by atoms with van der Waals surface area (Å²) in [5.74, 6) is -0.173. The predicted molar refractivity (Wildman–Crippen MR) is 48.2 cm³/mol. The average molecular weight is 176 g/mol. The van der Waals surface area contributed by atoms with Crippen LogP contribution in [-0.2, 0) is 0 Å². The van der Waals surface area contributed by atoms with Crippen LogP contribution in [0.4, 0.5) is 5.69 Å². The average Bonchev–Trinajstić information content (AvgIpc) is 2.46. The molecule has 0 saturated heterocycles. The number of nitrogens with two attached hydrogens (primary N) is 1. The highest BCUT2D eigenvalue weighted by Gasteiger charge is 2.06. The molecule has 0 bridgehead atoms. The molecule has 0 saturated carbocycles. The highest BCUT2D eigenvalue weighted by molar-refractivity contribution is 5.88. The first-order chi connectivity index (χ1) is 6.18. The normalized spacial score (nSPS) is 10.5. The highest BCUT2D eigenvalue weighted by atomic mass is 16.2. The van der Waals surface area contributed by atoms with Crippen molar-refractivity contribution in [2.24, 2.45) is 0 Å². The molecule has 5 heteroatoms. The lowest BCUT2D eigenvalue weighted by Gasteiger charge is -1.95. The van der Waals surface area contributed by atoms with Crippen molar-refractivity contribution >= 4 is 22.6 Å². The Hall–Kier alpha value is -1.91. The molecule has 1 aromatic heterocycles. The maximum Gasteiger partial charge on any atom is 0.245 e. The van der Waals surface area contributed by atoms with Gasteiger partial charge < -0.3 is 5.73 Å². The SMILES string of the molecule is CC(=O)n1nnc2ccc(N)cc21. The Morgan fingerprint density at radius 1 is 1.54 bits per heavy atom. The summed E-state index contributed by atoms with van der Waals surface area (Å²) in [6.07, 6.45) is 0. The van der Waals surface area contributed by atoms with Crippen molar-refractivity contribution in [2.45, 2.75) is 6.92 Å². The molecule has 66 valence electrons. The molecule has 0 radical (unpaired) electrons. The minimum absolute atomic E-state index is 0.173. The van der Waals surface area contributed by atoms with E-state index in [1.165, 1.54) is 11.6 Å². The highest BCUT2D eigenvalue weighted by Crippen LogP contribution is 2.14. The van der Waals surface area contributed by atoms with Gasteiger partial charge in [-0.2, -0.15) is 4.68 Å². The molecule has 0 fully saturated rings. The number of hydrogen-bond donors (Lipinski definition) is 1. The summed E-state index contributed by atoms with van der Waals surface area (Å²) in [6.45, 7) is 1.43. The molecule has 13 heavy (non-hydrogen) atoms. The quantitative estimate of drug-likeness (QED) is 0.599. The fourth-order valence-corrected chi connectivity index (χ4v) is 1.17. The van der Waals surface area contributed by atoms with E-state index in [1.54, 1.807) is 18.2 Å². The molecule has 2 N–H and O–H groups in total. The predicted octanol–water partition coefficient (Wildman–Crippen LogP) is 0.674. The summed E-state index contributed by atoms with van der Waals surface area (Å²) in [6, 6.07) is 5.13. The number of benzene rings is 1. The molecular weight excluding hydrogens is 168 g/mol. The molecule has 0 amide bonds. The smallest absolute Gasteiger partial charge is 0.245 e. The van der Waals surface area contributed by atoms with Crippen molar-refractivity contribution in [1.82, 2.24) is 15.0 Å². The molecule has 0 aliphatic carbocycles. The fraction of sp³-hybridized carbons (Fsp3) is 0.125. The van der Waals surface area contributed by atoms with Crippen molar-refractivity contribution < 1.29 is 4.79 Å². The molecular formula is C8H8N4O. The number of nitrogen functional groups attached to an aromatic ring is 1. The zero-order valence-electron chi connectivity index (χ0n) is 7.06. The minimum Gasteiger partial charge on any atom is -0.399 e. The zero-order chi connectivity index (χ0) is 9.42. The first-order valence-corrected chi connectivity index (χ1v) is 3.80. The maximum atomic E-state index is 11.1. The third-order valence-corrected chi connectivity index (χ3v) is 1.77. The van der Waals surface area contributed by atoms with E-state index < -0.39 is 0 Å². The van der Waals surface area contributed by atoms with E-state index in [2.05, 4.69) is 10.3 Å². The summed E-state index contributed by atoms with van der Waals surface area (Å²) in [5.41, 5.74) is 7.48. The van der Waals surface area contributed by atoms with Gasteiger partial charge in [-0.05, 0) is 18.2 Å². The van der Waals surface area contributed by atoms with Crippen LogP contribution < -0.4 is 5.73 Å². The number of rotatable bonds is 0. The van der Waals surface area contributed by atoms with Crippen LogP contribution in [0.5, 0.6) is 0 Å². The van der Waals surface area contributed by atoms with Crippen molar-refractivity contribution in [3.63, 3.8) is 0 Å². The monoisotopic (exact) mass is 176 g/mol. The molecule has 1 aromatic carbocycles. The zero-order valence-corrected chi connectivity index (χ0v) is 7.06. The van der Waals surface area contributed by atoms with E-state index in [0.717, 1.165) is 0 Å². The topological polar surface area (TPSA) is 73.8 Å². The second kappa shape index (κ2) is 2.55. The summed E-state index contributed by atoms with van der Waals surface area (Å²) in [5, 5.41) is 7.52. The van der Waals surface area contributed by atoms with Crippen LogP contribution in [0.15, 0.2) is 18.2 Å². The molecule has 0 unspecified atom stereocenters. The molecule has 1 heterocycles. The van der Waals surface area contributed by atoms with E-state index in [4.69, 9.17) is 5.73 Å². The Labute approximate surface area is 74.1 Å². The van der Waals surface area contributed by atoms with Crippen LogP contribution in [-0.4, -0.2) is 20.9 Å². The van der Waals surface area contributed by atoms with Gasteiger partial charge in [0.05, 0.1) is 5.52 Å². The Morgan fingerprint density at radius 2 is 2.31 bits per heavy atom. The second-order valence-corrected chi connectivity index (χ2v) is 2.77. The Bertz CT molecular complexity index is 474. The van der Waals surface area contributed by atoms with Crippen LogP contribution in [0, 0.1) is 0 Å². The standard InChI is InChI=1S/C8H8N4O/c1-5(13)12-8-4-6(9)2-3-7(8)10-11-12/h2-4H,9H2,1H3. The molecule has 5 nitrogen and oxygen atoms in total. The van der Waals surface area contributed by atoms with Crippen molar-refractivity contribution in [3.05, 3.63) is 18.2 Å². The number of anilines is 1. The van der Waals surface area contributed by atoms with Gasteiger partial charge in [0, 0.05) is 12.6 Å². The van der Waals surface area contributed by atoms with E-state index in [0.29, 0.717) is 16.7 Å². The largest absolute Gasteiger partial charge is 0.399 e. The van der Waals surface area contributed by atoms with Gasteiger partial charge in [0.15, 0.2) is 0 Å². The first kappa shape index (κ1) is 7.72. The minimum atomic E-state index is -0.173. The third-order valence-electron chi connectivity index (χ3n) is 1.77. The van der Waals surface area contributed by atoms with Crippen LogP contribution in [0.1, 0.15) is 11.7 Å². The van der Waals surface area contributed by atoms with Crippen LogP contribution in [0.3, 0.4) is 0 Å². The van der Waals surface area contributed by atoms with E-state index in [9.17, 15) is 4.79 Å². The third kappa shape index (κ3) is 1.14. The van der Waals surface area contributed by atoms with Gasteiger partial charge in [-0.3, -0.25) is 4.79 Å². The number of carbonyl (C=O) groups is 1. The van der Waals surface area contributed by atoms with E-state index in [1.807, 2.05) is 0 Å². The van der Waals surface area contributed by atoms with Gasteiger partial charge in [0.1, 0.15) is 5.52 Å². The Morgan fingerprint density at radius 3 is 3.00 bits per heavy atom. The summed E-state index contributed by atoms with van der Waals surface area (Å²) < 4.78 is 1.23. The lowest BCUT2D eigenvalue weighted by Crippen LogP contribution is -2.07. The summed E-state index contributed by atoms with van der Waals surface area (Å²) in [4.78, 5) is 11.1. The van der Waals surface area contributed by atoms with Crippen molar-refractivity contribution in [1.29, 1.82) is 0 Å². The Kier molecular flexibility index (Phi) is 1.51. The summed E-state index contributed by atoms with van der Waals surface area (Å²) in [7, 11) is 0. The second-order valence-electron chi connectivity index (χ2n) is 2.77. The van der Waals surface area contributed by atoms with Crippen LogP contribution in [0.2, 0.25) is 0 Å². The number of hydrogen-bond acceptors (Lipinski definition) is 4. The van der Waals surface area contributed by atoms with Gasteiger partial charge >= 0.3 is 0 Å². The molecule has 2 rings (SSSR count).